The highest BCUT2D eigenvalue weighted by molar-refractivity contribution is 5.94. The van der Waals surface area contributed by atoms with E-state index in [1.54, 1.807) is 0 Å². The SMILES string of the molecule is Cc1ccc(-c2nnc(CNC(=O)c3ccc(F)c(F)c3)o2)cc1. The molecule has 0 unspecified atom stereocenters. The third-order valence-corrected chi connectivity index (χ3v) is 3.35. The van der Waals surface area contributed by atoms with Crippen molar-refractivity contribution in [3.05, 3.63) is 71.1 Å². The summed E-state index contributed by atoms with van der Waals surface area (Å²) in [7, 11) is 0. The maximum absolute atomic E-state index is 13.1. The second kappa shape index (κ2) is 6.57. The molecule has 1 amide bonds. The Labute approximate surface area is 136 Å². The van der Waals surface area contributed by atoms with Gasteiger partial charge in [0.1, 0.15) is 0 Å². The Hall–Kier alpha value is -3.09. The van der Waals surface area contributed by atoms with Crippen LogP contribution in [-0.2, 0) is 6.54 Å². The Kier molecular flexibility index (Phi) is 4.33. The summed E-state index contributed by atoms with van der Waals surface area (Å²) in [4.78, 5) is 11.9. The van der Waals surface area contributed by atoms with Crippen LogP contribution >= 0.6 is 0 Å². The first-order valence-electron chi connectivity index (χ1n) is 7.15. The Morgan fingerprint density at radius 2 is 1.83 bits per heavy atom. The molecule has 0 aliphatic rings. The third-order valence-electron chi connectivity index (χ3n) is 3.35. The lowest BCUT2D eigenvalue weighted by molar-refractivity contribution is 0.0947. The van der Waals surface area contributed by atoms with E-state index in [2.05, 4.69) is 15.5 Å². The van der Waals surface area contributed by atoms with Crippen molar-refractivity contribution >= 4 is 5.91 Å². The number of amides is 1. The molecular formula is C17H13F2N3O2. The van der Waals surface area contributed by atoms with E-state index in [0.29, 0.717) is 5.89 Å². The summed E-state index contributed by atoms with van der Waals surface area (Å²) in [6.45, 7) is 1.95. The number of carbonyl (C=O) groups is 1. The van der Waals surface area contributed by atoms with Gasteiger partial charge in [-0.3, -0.25) is 4.79 Å². The minimum Gasteiger partial charge on any atom is -0.419 e. The van der Waals surface area contributed by atoms with Crippen LogP contribution in [0.5, 0.6) is 0 Å². The van der Waals surface area contributed by atoms with Crippen LogP contribution < -0.4 is 5.32 Å². The molecule has 0 bridgehead atoms. The maximum Gasteiger partial charge on any atom is 0.251 e. The molecule has 1 heterocycles. The van der Waals surface area contributed by atoms with Gasteiger partial charge in [-0.1, -0.05) is 17.7 Å². The molecule has 0 saturated carbocycles. The van der Waals surface area contributed by atoms with Gasteiger partial charge in [-0.15, -0.1) is 10.2 Å². The van der Waals surface area contributed by atoms with Crippen molar-refractivity contribution in [3.8, 4) is 11.5 Å². The molecule has 2 aromatic carbocycles. The summed E-state index contributed by atoms with van der Waals surface area (Å²) in [5.41, 5.74) is 1.88. The molecule has 24 heavy (non-hydrogen) atoms. The highest BCUT2D eigenvalue weighted by Crippen LogP contribution is 2.18. The van der Waals surface area contributed by atoms with Crippen molar-refractivity contribution in [2.75, 3.05) is 0 Å². The molecule has 0 aliphatic heterocycles. The number of halogens is 2. The van der Waals surface area contributed by atoms with E-state index in [-0.39, 0.29) is 18.0 Å². The maximum atomic E-state index is 13.1. The number of rotatable bonds is 4. The van der Waals surface area contributed by atoms with E-state index in [1.165, 1.54) is 6.07 Å². The van der Waals surface area contributed by atoms with E-state index in [9.17, 15) is 13.6 Å². The molecule has 1 aromatic heterocycles. The summed E-state index contributed by atoms with van der Waals surface area (Å²) in [5, 5.41) is 10.3. The number of hydrogen-bond donors (Lipinski definition) is 1. The van der Waals surface area contributed by atoms with Gasteiger partial charge in [0, 0.05) is 11.1 Å². The minimum absolute atomic E-state index is 0.00664. The molecule has 0 spiro atoms. The van der Waals surface area contributed by atoms with Gasteiger partial charge in [0.25, 0.3) is 5.91 Å². The minimum atomic E-state index is -1.08. The Bertz CT molecular complexity index is 876. The van der Waals surface area contributed by atoms with Gasteiger partial charge >= 0.3 is 0 Å². The van der Waals surface area contributed by atoms with Crippen molar-refractivity contribution < 1.29 is 18.0 Å². The molecule has 0 atom stereocenters. The fourth-order valence-electron chi connectivity index (χ4n) is 2.03. The van der Waals surface area contributed by atoms with Crippen LogP contribution in [-0.4, -0.2) is 16.1 Å². The molecular weight excluding hydrogens is 316 g/mol. The van der Waals surface area contributed by atoms with Crippen molar-refractivity contribution in [3.63, 3.8) is 0 Å². The van der Waals surface area contributed by atoms with Crippen LogP contribution in [0.4, 0.5) is 8.78 Å². The van der Waals surface area contributed by atoms with Crippen molar-refractivity contribution in [1.82, 2.24) is 15.5 Å². The van der Waals surface area contributed by atoms with Gasteiger partial charge in [0.05, 0.1) is 6.54 Å². The smallest absolute Gasteiger partial charge is 0.251 e. The first-order valence-corrected chi connectivity index (χ1v) is 7.15. The van der Waals surface area contributed by atoms with E-state index in [4.69, 9.17) is 4.42 Å². The van der Waals surface area contributed by atoms with Crippen LogP contribution in [0.1, 0.15) is 21.8 Å². The van der Waals surface area contributed by atoms with Gasteiger partial charge in [-0.25, -0.2) is 8.78 Å². The number of aromatic nitrogens is 2. The molecule has 7 heteroatoms. The molecule has 0 fully saturated rings. The molecule has 0 aliphatic carbocycles. The summed E-state index contributed by atoms with van der Waals surface area (Å²) >= 11 is 0. The average molecular weight is 329 g/mol. The number of nitrogens with one attached hydrogen (secondary N) is 1. The summed E-state index contributed by atoms with van der Waals surface area (Å²) in [6, 6.07) is 10.5. The van der Waals surface area contributed by atoms with Crippen LogP contribution in [0.3, 0.4) is 0 Å². The van der Waals surface area contributed by atoms with Crippen molar-refractivity contribution in [2.45, 2.75) is 13.5 Å². The van der Waals surface area contributed by atoms with Gasteiger partial charge in [0.15, 0.2) is 11.6 Å². The number of nitrogens with zero attached hydrogens (tertiary/aromatic N) is 2. The molecule has 0 saturated heterocycles. The lowest BCUT2D eigenvalue weighted by Gasteiger charge is -2.03. The molecule has 5 nitrogen and oxygen atoms in total. The van der Waals surface area contributed by atoms with E-state index in [0.717, 1.165) is 23.3 Å². The van der Waals surface area contributed by atoms with Gasteiger partial charge in [-0.2, -0.15) is 0 Å². The second-order valence-electron chi connectivity index (χ2n) is 5.18. The summed E-state index contributed by atoms with van der Waals surface area (Å²) in [6.07, 6.45) is 0. The highest BCUT2D eigenvalue weighted by Gasteiger charge is 2.12. The monoisotopic (exact) mass is 329 g/mol. The normalized spacial score (nSPS) is 10.6. The largest absolute Gasteiger partial charge is 0.419 e. The molecule has 1 N–H and O–H groups in total. The number of hydrogen-bond acceptors (Lipinski definition) is 4. The molecule has 3 aromatic rings. The fraction of sp³-hybridized carbons (Fsp3) is 0.118. The quantitative estimate of drug-likeness (QED) is 0.798. The van der Waals surface area contributed by atoms with Crippen LogP contribution in [0.2, 0.25) is 0 Å². The Morgan fingerprint density at radius 1 is 1.08 bits per heavy atom. The number of benzene rings is 2. The van der Waals surface area contributed by atoms with Crippen LogP contribution in [0, 0.1) is 18.6 Å². The highest BCUT2D eigenvalue weighted by atomic mass is 19.2. The lowest BCUT2D eigenvalue weighted by atomic mass is 10.1. The van der Waals surface area contributed by atoms with Gasteiger partial charge < -0.3 is 9.73 Å². The Morgan fingerprint density at radius 3 is 2.54 bits per heavy atom. The molecule has 0 radical (unpaired) electrons. The molecule has 3 rings (SSSR count). The second-order valence-corrected chi connectivity index (χ2v) is 5.18. The lowest BCUT2D eigenvalue weighted by Crippen LogP contribution is -2.23. The van der Waals surface area contributed by atoms with Gasteiger partial charge in [0.2, 0.25) is 11.8 Å². The van der Waals surface area contributed by atoms with E-state index < -0.39 is 17.5 Å². The third kappa shape index (κ3) is 3.45. The van der Waals surface area contributed by atoms with E-state index >= 15 is 0 Å². The van der Waals surface area contributed by atoms with E-state index in [1.807, 2.05) is 31.2 Å². The number of carbonyl (C=O) groups excluding carboxylic acids is 1. The zero-order chi connectivity index (χ0) is 17.1. The zero-order valence-corrected chi connectivity index (χ0v) is 12.7. The summed E-state index contributed by atoms with van der Waals surface area (Å²) < 4.78 is 31.5. The summed E-state index contributed by atoms with van der Waals surface area (Å²) in [5.74, 6) is -2.11. The average Bonchev–Trinajstić information content (AvgIpc) is 3.05. The topological polar surface area (TPSA) is 68.0 Å². The zero-order valence-electron chi connectivity index (χ0n) is 12.7. The number of aryl methyl sites for hydroxylation is 1. The first kappa shape index (κ1) is 15.8. The standard InChI is InChI=1S/C17H13F2N3O2/c1-10-2-4-11(5-3-10)17-22-21-15(24-17)9-20-16(23)12-6-7-13(18)14(19)8-12/h2-8H,9H2,1H3,(H,20,23). The first-order chi connectivity index (χ1) is 11.5. The van der Waals surface area contributed by atoms with Gasteiger partial charge in [-0.05, 0) is 37.3 Å². The predicted octanol–water partition coefficient (Wildman–Crippen LogP) is 3.25. The van der Waals surface area contributed by atoms with Crippen LogP contribution in [0.15, 0.2) is 46.9 Å². The van der Waals surface area contributed by atoms with Crippen molar-refractivity contribution in [2.24, 2.45) is 0 Å². The fourth-order valence-corrected chi connectivity index (χ4v) is 2.03. The molecule has 122 valence electrons. The van der Waals surface area contributed by atoms with Crippen molar-refractivity contribution in [1.29, 1.82) is 0 Å². The predicted molar refractivity (Wildman–Crippen MR) is 82.0 cm³/mol. The Balaban J connectivity index is 1.65. The van der Waals surface area contributed by atoms with Crippen LogP contribution in [0.25, 0.3) is 11.5 Å².